The van der Waals surface area contributed by atoms with Gasteiger partial charge in [-0.25, -0.2) is 9.59 Å². The second kappa shape index (κ2) is 5.55. The summed E-state index contributed by atoms with van der Waals surface area (Å²) in [4.78, 5) is 35.2. The maximum atomic E-state index is 11.9. The molecule has 2 aliphatic heterocycles. The molecular formula is C16H16N2O6. The summed E-state index contributed by atoms with van der Waals surface area (Å²) >= 11 is 0. The van der Waals surface area contributed by atoms with Crippen LogP contribution in [-0.2, 0) is 23.9 Å². The molecule has 126 valence electrons. The lowest BCUT2D eigenvalue weighted by Crippen LogP contribution is -2.42. The van der Waals surface area contributed by atoms with E-state index in [2.05, 4.69) is 10.6 Å². The van der Waals surface area contributed by atoms with Crippen LogP contribution in [0, 0.1) is 6.92 Å². The van der Waals surface area contributed by atoms with E-state index in [1.165, 1.54) is 20.0 Å². The fourth-order valence-electron chi connectivity index (χ4n) is 2.40. The maximum Gasteiger partial charge on any atom is 0.350 e. The average molecular weight is 332 g/mol. The van der Waals surface area contributed by atoms with E-state index in [4.69, 9.17) is 14.2 Å². The molecule has 1 amide bonds. The van der Waals surface area contributed by atoms with Crippen LogP contribution in [0.15, 0.2) is 23.9 Å². The highest BCUT2D eigenvalue weighted by Gasteiger charge is 2.38. The fourth-order valence-corrected chi connectivity index (χ4v) is 2.40. The molecule has 1 saturated heterocycles. The number of ether oxygens (including phenoxy) is 3. The first-order valence-corrected chi connectivity index (χ1v) is 7.26. The lowest BCUT2D eigenvalue weighted by Gasteiger charge is -2.29. The van der Waals surface area contributed by atoms with Crippen molar-refractivity contribution in [3.63, 3.8) is 0 Å². The molecule has 3 rings (SSSR count). The standard InChI is InChI=1S/C16H16N2O6/c1-8-4-9(5-11-13(8)22-7-12(19)18-11)17-6-10-14(20)23-16(2,3)24-15(10)21/h4-6,17H,7H2,1-3H3,(H,18,19). The van der Waals surface area contributed by atoms with Gasteiger partial charge >= 0.3 is 11.9 Å². The molecule has 0 spiro atoms. The summed E-state index contributed by atoms with van der Waals surface area (Å²) in [5, 5.41) is 5.54. The summed E-state index contributed by atoms with van der Waals surface area (Å²) < 4.78 is 15.4. The van der Waals surface area contributed by atoms with Crippen molar-refractivity contribution < 1.29 is 28.6 Å². The zero-order chi connectivity index (χ0) is 17.5. The first kappa shape index (κ1) is 15.9. The molecule has 1 aromatic rings. The first-order valence-electron chi connectivity index (χ1n) is 7.26. The van der Waals surface area contributed by atoms with Crippen LogP contribution in [0.3, 0.4) is 0 Å². The van der Waals surface area contributed by atoms with Gasteiger partial charge in [-0.15, -0.1) is 0 Å². The number of carbonyl (C=O) groups excluding carboxylic acids is 3. The lowest BCUT2D eigenvalue weighted by molar-refractivity contribution is -0.222. The van der Waals surface area contributed by atoms with Crippen LogP contribution < -0.4 is 15.4 Å². The van der Waals surface area contributed by atoms with Gasteiger partial charge in [-0.1, -0.05) is 0 Å². The van der Waals surface area contributed by atoms with Crippen molar-refractivity contribution in [2.75, 3.05) is 17.2 Å². The number of cyclic esters (lactones) is 2. The number of carbonyl (C=O) groups is 3. The summed E-state index contributed by atoms with van der Waals surface area (Å²) in [5.41, 5.74) is 1.63. The minimum Gasteiger partial charge on any atom is -0.481 e. The lowest BCUT2D eigenvalue weighted by atomic mass is 10.1. The van der Waals surface area contributed by atoms with Crippen LogP contribution in [-0.4, -0.2) is 30.2 Å². The molecule has 2 heterocycles. The Hall–Kier alpha value is -3.03. The van der Waals surface area contributed by atoms with Gasteiger partial charge in [0.25, 0.3) is 11.7 Å². The van der Waals surface area contributed by atoms with Crippen LogP contribution in [0.5, 0.6) is 5.75 Å². The third-order valence-electron chi connectivity index (χ3n) is 3.40. The first-order chi connectivity index (χ1) is 11.2. The quantitative estimate of drug-likeness (QED) is 0.480. The Morgan fingerprint density at radius 1 is 1.17 bits per heavy atom. The smallest absolute Gasteiger partial charge is 0.350 e. The average Bonchev–Trinajstić information content (AvgIpc) is 2.44. The number of rotatable bonds is 2. The Morgan fingerprint density at radius 3 is 2.50 bits per heavy atom. The number of hydrogen-bond acceptors (Lipinski definition) is 7. The van der Waals surface area contributed by atoms with Crippen molar-refractivity contribution >= 4 is 29.2 Å². The summed E-state index contributed by atoms with van der Waals surface area (Å²) in [5.74, 6) is -2.48. The van der Waals surface area contributed by atoms with Gasteiger partial charge in [0.1, 0.15) is 5.75 Å². The van der Waals surface area contributed by atoms with E-state index in [0.29, 0.717) is 17.1 Å². The molecular weight excluding hydrogens is 316 g/mol. The number of fused-ring (bicyclic) bond motifs is 1. The molecule has 0 radical (unpaired) electrons. The van der Waals surface area contributed by atoms with Crippen molar-refractivity contribution in [1.29, 1.82) is 0 Å². The number of benzene rings is 1. The van der Waals surface area contributed by atoms with Crippen molar-refractivity contribution in [2.24, 2.45) is 0 Å². The third-order valence-corrected chi connectivity index (χ3v) is 3.40. The van der Waals surface area contributed by atoms with Crippen molar-refractivity contribution in [3.8, 4) is 5.75 Å². The topological polar surface area (TPSA) is 103 Å². The van der Waals surface area contributed by atoms with Gasteiger partial charge in [0, 0.05) is 25.7 Å². The van der Waals surface area contributed by atoms with Crippen molar-refractivity contribution in [3.05, 3.63) is 29.5 Å². The number of esters is 2. The van der Waals surface area contributed by atoms with E-state index in [-0.39, 0.29) is 18.1 Å². The van der Waals surface area contributed by atoms with Crippen molar-refractivity contribution in [1.82, 2.24) is 0 Å². The molecule has 24 heavy (non-hydrogen) atoms. The summed E-state index contributed by atoms with van der Waals surface area (Å²) in [6, 6.07) is 3.40. The minimum atomic E-state index is -1.28. The number of aryl methyl sites for hydroxylation is 1. The van der Waals surface area contributed by atoms with E-state index < -0.39 is 17.7 Å². The van der Waals surface area contributed by atoms with Gasteiger partial charge in [0.15, 0.2) is 12.2 Å². The third kappa shape index (κ3) is 3.03. The highest BCUT2D eigenvalue weighted by Crippen LogP contribution is 2.34. The zero-order valence-electron chi connectivity index (χ0n) is 13.4. The summed E-state index contributed by atoms with van der Waals surface area (Å²) in [7, 11) is 0. The van der Waals surface area contributed by atoms with Crippen LogP contribution in [0.25, 0.3) is 0 Å². The van der Waals surface area contributed by atoms with Gasteiger partial charge in [-0.05, 0) is 24.6 Å². The van der Waals surface area contributed by atoms with Crippen LogP contribution >= 0.6 is 0 Å². The van der Waals surface area contributed by atoms with Crippen LogP contribution in [0.2, 0.25) is 0 Å². The van der Waals surface area contributed by atoms with Gasteiger partial charge < -0.3 is 24.8 Å². The second-order valence-electron chi connectivity index (χ2n) is 5.89. The minimum absolute atomic E-state index is 0.0296. The Labute approximate surface area is 137 Å². The molecule has 2 aliphatic rings. The number of anilines is 2. The van der Waals surface area contributed by atoms with Gasteiger partial charge in [-0.2, -0.15) is 0 Å². The second-order valence-corrected chi connectivity index (χ2v) is 5.89. The van der Waals surface area contributed by atoms with Gasteiger partial charge in [-0.3, -0.25) is 4.79 Å². The molecule has 0 atom stereocenters. The fraction of sp³-hybridized carbons (Fsp3) is 0.312. The molecule has 0 aliphatic carbocycles. The zero-order valence-corrected chi connectivity index (χ0v) is 13.4. The van der Waals surface area contributed by atoms with E-state index in [1.807, 2.05) is 6.92 Å². The normalized spacial score (nSPS) is 18.6. The molecule has 8 heteroatoms. The summed E-state index contributed by atoms with van der Waals surface area (Å²) in [6.07, 6.45) is 1.21. The molecule has 8 nitrogen and oxygen atoms in total. The van der Waals surface area contributed by atoms with Crippen LogP contribution in [0.4, 0.5) is 11.4 Å². The van der Waals surface area contributed by atoms with E-state index in [9.17, 15) is 14.4 Å². The van der Waals surface area contributed by atoms with Crippen LogP contribution in [0.1, 0.15) is 19.4 Å². The monoisotopic (exact) mass is 332 g/mol. The molecule has 0 aromatic heterocycles. The Bertz CT molecular complexity index is 759. The maximum absolute atomic E-state index is 11.9. The number of hydrogen-bond donors (Lipinski definition) is 2. The van der Waals surface area contributed by atoms with Crippen molar-refractivity contribution in [2.45, 2.75) is 26.6 Å². The predicted molar refractivity (Wildman–Crippen MR) is 83.3 cm³/mol. The molecule has 1 fully saturated rings. The molecule has 0 unspecified atom stereocenters. The Balaban J connectivity index is 1.83. The van der Waals surface area contributed by atoms with E-state index in [0.717, 1.165) is 5.56 Å². The molecule has 0 saturated carbocycles. The molecule has 0 bridgehead atoms. The Kier molecular flexibility index (Phi) is 3.67. The Morgan fingerprint density at radius 2 is 1.83 bits per heavy atom. The summed E-state index contributed by atoms with van der Waals surface area (Å²) in [6.45, 7) is 4.74. The van der Waals surface area contributed by atoms with Gasteiger partial charge in [0.2, 0.25) is 0 Å². The highest BCUT2D eigenvalue weighted by atomic mass is 16.7. The SMILES string of the molecule is Cc1cc(NC=C2C(=O)OC(C)(C)OC2=O)cc2c1OCC(=O)N2. The largest absolute Gasteiger partial charge is 0.481 e. The van der Waals surface area contributed by atoms with E-state index in [1.54, 1.807) is 12.1 Å². The highest BCUT2D eigenvalue weighted by molar-refractivity contribution is 6.15. The number of nitrogens with one attached hydrogen (secondary N) is 2. The van der Waals surface area contributed by atoms with Gasteiger partial charge in [0.05, 0.1) is 5.69 Å². The molecule has 2 N–H and O–H groups in total. The van der Waals surface area contributed by atoms with E-state index >= 15 is 0 Å². The molecule has 1 aromatic carbocycles. The number of amides is 1. The predicted octanol–water partition coefficient (Wildman–Crippen LogP) is 1.46.